The van der Waals surface area contributed by atoms with Crippen LogP contribution in [0.4, 0.5) is 5.69 Å². The summed E-state index contributed by atoms with van der Waals surface area (Å²) in [5, 5.41) is 13.3. The summed E-state index contributed by atoms with van der Waals surface area (Å²) in [7, 11) is -2.69. The summed E-state index contributed by atoms with van der Waals surface area (Å²) in [6.07, 6.45) is 5.33. The van der Waals surface area contributed by atoms with Crippen molar-refractivity contribution < 1.29 is 9.90 Å². The van der Waals surface area contributed by atoms with Crippen LogP contribution in [0.2, 0.25) is 10.1 Å². The van der Waals surface area contributed by atoms with Crippen molar-refractivity contribution in [2.45, 2.75) is 51.6 Å². The standard InChI is InChI=1S/C24H24BrI2NO2SeSi/c1-23(2,3)32(24(4,5)6)16-11-12(29)7-8-13(16)28-14-9-10-15(30)17(21(14)32)20-18(26)19(27)22(25)31-20/h7-11,30H,1-6H3. The van der Waals surface area contributed by atoms with Gasteiger partial charge in [-0.15, -0.1) is 0 Å². The summed E-state index contributed by atoms with van der Waals surface area (Å²) in [5.74, 6) is 0.329. The molecule has 0 amide bonds. The number of allylic oxidation sites excluding steroid dienone is 4. The van der Waals surface area contributed by atoms with Crippen molar-refractivity contribution in [3.05, 3.63) is 46.0 Å². The summed E-state index contributed by atoms with van der Waals surface area (Å²) in [5.41, 5.74) is 2.78. The van der Waals surface area contributed by atoms with Gasteiger partial charge in [0.15, 0.2) is 0 Å². The van der Waals surface area contributed by atoms with Crippen LogP contribution in [0.25, 0.3) is 10.0 Å². The Morgan fingerprint density at radius 3 is 2.19 bits per heavy atom. The SMILES string of the molecule is CC(C)(C)[Si]1(C(C)(C)C)C2=CC(=O)C=CC2=Nc2ccc(O)c(-c3[se]c(Br)c(I)c3I)c21. The molecule has 8 heteroatoms. The van der Waals surface area contributed by atoms with Crippen molar-refractivity contribution in [1.82, 2.24) is 0 Å². The molecule has 0 unspecified atom stereocenters. The number of aliphatic imine (C=N–C) groups is 1. The third-order valence-corrected chi connectivity index (χ3v) is 22.2. The minimum atomic E-state index is -2.69. The second-order valence-corrected chi connectivity index (χ2v) is 22.0. The first-order valence-corrected chi connectivity index (χ1v) is 16.9. The van der Waals surface area contributed by atoms with Gasteiger partial charge < -0.3 is 0 Å². The van der Waals surface area contributed by atoms with Crippen LogP contribution in [-0.2, 0) is 4.79 Å². The molecule has 1 aromatic carbocycles. The summed E-state index contributed by atoms with van der Waals surface area (Å²) < 4.78 is 4.80. The Balaban J connectivity index is 2.28. The zero-order valence-electron chi connectivity index (χ0n) is 18.7. The monoisotopic (exact) mass is 799 g/mol. The van der Waals surface area contributed by atoms with Crippen molar-refractivity contribution in [1.29, 1.82) is 0 Å². The van der Waals surface area contributed by atoms with Gasteiger partial charge >= 0.3 is 234 Å². The molecule has 0 bridgehead atoms. The Morgan fingerprint density at radius 1 is 1.03 bits per heavy atom. The molecule has 0 atom stereocenters. The summed E-state index contributed by atoms with van der Waals surface area (Å²) in [6.45, 7) is 13.8. The van der Waals surface area contributed by atoms with Gasteiger partial charge in [-0.3, -0.25) is 0 Å². The molecule has 0 spiro atoms. The zero-order chi connectivity index (χ0) is 23.8. The molecule has 3 nitrogen and oxygen atoms in total. The second kappa shape index (κ2) is 8.29. The quantitative estimate of drug-likeness (QED) is 0.192. The molecule has 168 valence electrons. The molecule has 0 saturated carbocycles. The van der Waals surface area contributed by atoms with Crippen molar-refractivity contribution >= 4 is 106 Å². The summed E-state index contributed by atoms with van der Waals surface area (Å²) >= 11 is 8.63. The summed E-state index contributed by atoms with van der Waals surface area (Å²) in [4.78, 5) is 17.7. The first-order chi connectivity index (χ1) is 14.7. The number of carbonyl (C=O) groups is 1. The fourth-order valence-electron chi connectivity index (χ4n) is 5.67. The Labute approximate surface area is 232 Å². The van der Waals surface area contributed by atoms with Gasteiger partial charge in [-0.2, -0.15) is 0 Å². The van der Waals surface area contributed by atoms with Gasteiger partial charge in [0, 0.05) is 0 Å². The molecule has 1 aromatic heterocycles. The number of benzene rings is 1. The minimum absolute atomic E-state index is 0.0207. The van der Waals surface area contributed by atoms with E-state index in [1.807, 2.05) is 18.2 Å². The Kier molecular flexibility index (Phi) is 6.50. The van der Waals surface area contributed by atoms with Gasteiger partial charge in [0.25, 0.3) is 0 Å². The molecule has 1 N–H and O–H groups in total. The molecular formula is C24H24BrI2NO2SeSi. The van der Waals surface area contributed by atoms with E-state index >= 15 is 0 Å². The fourth-order valence-corrected chi connectivity index (χ4v) is 19.6. The van der Waals surface area contributed by atoms with Crippen LogP contribution < -0.4 is 5.19 Å². The maximum absolute atomic E-state index is 12.7. The van der Waals surface area contributed by atoms with Crippen molar-refractivity contribution in [2.75, 3.05) is 0 Å². The van der Waals surface area contributed by atoms with E-state index in [1.165, 1.54) is 20.1 Å². The third kappa shape index (κ3) is 3.57. The normalized spacial score (nSPS) is 17.6. The van der Waals surface area contributed by atoms with E-state index in [1.54, 1.807) is 12.1 Å². The van der Waals surface area contributed by atoms with Crippen molar-refractivity contribution in [3.8, 4) is 15.8 Å². The van der Waals surface area contributed by atoms with E-state index in [9.17, 15) is 9.90 Å². The van der Waals surface area contributed by atoms with Crippen LogP contribution >= 0.6 is 61.1 Å². The number of hydrogen-bond donors (Lipinski definition) is 1. The van der Waals surface area contributed by atoms with Crippen LogP contribution in [0.15, 0.2) is 43.9 Å². The summed E-state index contributed by atoms with van der Waals surface area (Å²) in [6, 6.07) is 3.76. The fraction of sp³-hybridized carbons (Fsp3) is 0.333. The number of halogens is 3. The molecule has 1 aliphatic heterocycles. The molecule has 2 heterocycles. The van der Waals surface area contributed by atoms with Gasteiger partial charge in [-0.1, -0.05) is 0 Å². The van der Waals surface area contributed by atoms with Crippen LogP contribution in [0, 0.1) is 7.14 Å². The Morgan fingerprint density at radius 2 is 1.66 bits per heavy atom. The molecule has 0 radical (unpaired) electrons. The van der Waals surface area contributed by atoms with E-state index in [0.29, 0.717) is 5.75 Å². The van der Waals surface area contributed by atoms with Gasteiger partial charge in [0.2, 0.25) is 0 Å². The average molecular weight is 799 g/mol. The number of phenols is 1. The third-order valence-electron chi connectivity index (χ3n) is 6.38. The number of rotatable bonds is 1. The number of nitrogens with zero attached hydrogens (tertiary/aromatic N) is 1. The Hall–Kier alpha value is -0.00364. The molecule has 4 rings (SSSR count). The number of carbonyl (C=O) groups excluding carboxylic acids is 1. The van der Waals surface area contributed by atoms with Gasteiger partial charge in [-0.05, 0) is 0 Å². The molecule has 0 saturated heterocycles. The van der Waals surface area contributed by atoms with E-state index in [2.05, 4.69) is 103 Å². The average Bonchev–Trinajstić information content (AvgIpc) is 2.91. The number of ketones is 1. The number of fused-ring (bicyclic) bond motifs is 2. The zero-order valence-corrected chi connectivity index (χ0v) is 27.3. The van der Waals surface area contributed by atoms with Gasteiger partial charge in [0.05, 0.1) is 0 Å². The first-order valence-electron chi connectivity index (χ1n) is 10.2. The predicted molar refractivity (Wildman–Crippen MR) is 158 cm³/mol. The first kappa shape index (κ1) is 25.1. The van der Waals surface area contributed by atoms with Crippen molar-refractivity contribution in [3.63, 3.8) is 0 Å². The van der Waals surface area contributed by atoms with E-state index < -0.39 is 8.07 Å². The van der Waals surface area contributed by atoms with E-state index in [-0.39, 0.29) is 30.4 Å². The molecule has 0 fully saturated rings. The van der Waals surface area contributed by atoms with Crippen LogP contribution in [0.1, 0.15) is 41.5 Å². The Bertz CT molecular complexity index is 1250. The van der Waals surface area contributed by atoms with Crippen LogP contribution in [-0.4, -0.2) is 39.2 Å². The van der Waals surface area contributed by atoms with Gasteiger partial charge in [0.1, 0.15) is 0 Å². The van der Waals surface area contributed by atoms with E-state index in [0.717, 1.165) is 22.2 Å². The molecular weight excluding hydrogens is 775 g/mol. The van der Waals surface area contributed by atoms with Gasteiger partial charge in [-0.25, -0.2) is 0 Å². The molecule has 1 aliphatic carbocycles. The molecule has 32 heavy (non-hydrogen) atoms. The van der Waals surface area contributed by atoms with E-state index in [4.69, 9.17) is 4.99 Å². The van der Waals surface area contributed by atoms with Crippen LogP contribution in [0.3, 0.4) is 0 Å². The number of phenolic OH excluding ortho intramolecular Hbond substituents is 1. The maximum atomic E-state index is 12.7. The molecule has 2 aromatic rings. The van der Waals surface area contributed by atoms with Crippen molar-refractivity contribution in [2.24, 2.45) is 4.99 Å². The predicted octanol–water partition coefficient (Wildman–Crippen LogP) is 7.03. The number of aromatic hydroxyl groups is 1. The topological polar surface area (TPSA) is 49.7 Å². The van der Waals surface area contributed by atoms with Crippen LogP contribution in [0.5, 0.6) is 5.75 Å². The molecule has 2 aliphatic rings. The number of hydrogen-bond acceptors (Lipinski definition) is 3. The second-order valence-electron chi connectivity index (χ2n) is 10.2.